The molecular formula is C86H117N17O16. The van der Waals surface area contributed by atoms with Gasteiger partial charge in [0.25, 0.3) is 11.8 Å². The summed E-state index contributed by atoms with van der Waals surface area (Å²) in [6.45, 7) is 26.7. The number of ether oxygens (including phenoxy) is 4. The predicted octanol–water partition coefficient (Wildman–Crippen LogP) is 5.29. The van der Waals surface area contributed by atoms with E-state index in [1.54, 1.807) is 28.4 Å². The van der Waals surface area contributed by atoms with E-state index in [2.05, 4.69) is 68.1 Å². The van der Waals surface area contributed by atoms with Crippen molar-refractivity contribution in [3.05, 3.63) is 149 Å². The molecule has 4 unspecified atom stereocenters. The van der Waals surface area contributed by atoms with Gasteiger partial charge < -0.3 is 71.3 Å². The van der Waals surface area contributed by atoms with Crippen molar-refractivity contribution in [3.63, 3.8) is 0 Å². The summed E-state index contributed by atoms with van der Waals surface area (Å²) in [4.78, 5) is 171. The van der Waals surface area contributed by atoms with Crippen molar-refractivity contribution in [3.8, 4) is 11.5 Å². The van der Waals surface area contributed by atoms with Gasteiger partial charge >= 0.3 is 0 Å². The Hall–Kier alpha value is -11.3. The normalized spacial score (nSPS) is 20.2. The molecule has 2 aromatic heterocycles. The molecule has 0 aliphatic carbocycles. The van der Waals surface area contributed by atoms with Crippen LogP contribution in [0.3, 0.4) is 0 Å². The molecule has 8 bridgehead atoms. The van der Waals surface area contributed by atoms with E-state index in [4.69, 9.17) is 18.9 Å². The van der Waals surface area contributed by atoms with E-state index in [0.29, 0.717) is 92.8 Å². The average Bonchev–Trinajstić information content (AvgIpc) is 1.69. The van der Waals surface area contributed by atoms with Crippen LogP contribution in [0.4, 0.5) is 0 Å². The second-order valence-electron chi connectivity index (χ2n) is 34.5. The Kier molecular flexibility index (Phi) is 31.8. The van der Waals surface area contributed by atoms with Crippen LogP contribution in [0, 0.1) is 10.8 Å². The minimum atomic E-state index is -1.24. The van der Waals surface area contributed by atoms with Crippen LogP contribution in [-0.2, 0) is 90.9 Å². The van der Waals surface area contributed by atoms with Crippen LogP contribution in [0.5, 0.6) is 11.5 Å². The number of hydrogen-bond donors (Lipinski definition) is 8. The highest BCUT2D eigenvalue weighted by Crippen LogP contribution is 2.33. The molecule has 0 saturated carbocycles. The molecule has 2 saturated heterocycles. The number of tetrazole rings is 1. The number of Topliss-reactive ketones (excluding diaryl/α,β-unsaturated/α-hetero) is 2. The van der Waals surface area contributed by atoms with Crippen molar-refractivity contribution in [1.82, 2.24) is 87.3 Å². The second-order valence-corrected chi connectivity index (χ2v) is 34.5. The predicted molar refractivity (Wildman–Crippen MR) is 438 cm³/mol. The van der Waals surface area contributed by atoms with Crippen LogP contribution < -0.4 is 52.0 Å². The quantitative estimate of drug-likeness (QED) is 0.0400. The van der Waals surface area contributed by atoms with E-state index in [1.807, 2.05) is 187 Å². The molecule has 6 aromatic rings. The van der Waals surface area contributed by atoms with Gasteiger partial charge in [0.2, 0.25) is 58.8 Å². The Morgan fingerprint density at radius 3 is 1.45 bits per heavy atom. The molecule has 33 heteroatoms. The first-order valence-corrected chi connectivity index (χ1v) is 40.9. The Morgan fingerprint density at radius 1 is 0.513 bits per heavy atom. The molecule has 7 heterocycles. The molecule has 33 nitrogen and oxygen atoms in total. The zero-order valence-corrected chi connectivity index (χ0v) is 70.7. The third kappa shape index (κ3) is 25.6. The molecule has 11 rings (SSSR count). The summed E-state index contributed by atoms with van der Waals surface area (Å²) in [5.41, 5.74) is 0.691. The Bertz CT molecular complexity index is 4510. The molecule has 8 N–H and O–H groups in total. The van der Waals surface area contributed by atoms with Crippen molar-refractivity contribution < 1.29 is 76.5 Å². The van der Waals surface area contributed by atoms with Crippen LogP contribution in [0.15, 0.2) is 116 Å². The van der Waals surface area contributed by atoms with Gasteiger partial charge in [-0.05, 0) is 129 Å². The molecule has 5 aliphatic rings. The number of nitrogens with one attached hydrogen (secondary N) is 8. The number of nitrogens with zero attached hydrogens (tertiary/aromatic N) is 9. The van der Waals surface area contributed by atoms with E-state index in [-0.39, 0.29) is 63.4 Å². The van der Waals surface area contributed by atoms with Crippen LogP contribution in [-0.4, -0.2) is 216 Å². The molecule has 119 heavy (non-hydrogen) atoms. The first-order chi connectivity index (χ1) is 56.4. The largest absolute Gasteiger partial charge is 0.494 e. The highest BCUT2D eigenvalue weighted by atomic mass is 16.5. The Balaban J connectivity index is 0.000000271. The third-order valence-electron chi connectivity index (χ3n) is 20.6. The van der Waals surface area contributed by atoms with Gasteiger partial charge in [-0.2, -0.15) is 5.10 Å². The maximum Gasteiger partial charge on any atom is 0.290 e. The first-order valence-electron chi connectivity index (χ1n) is 40.9. The number of amides is 10. The maximum absolute atomic E-state index is 14.4. The van der Waals surface area contributed by atoms with Gasteiger partial charge in [-0.25, -0.2) is 14.3 Å². The van der Waals surface area contributed by atoms with E-state index < -0.39 is 154 Å². The van der Waals surface area contributed by atoms with Gasteiger partial charge in [-0.1, -0.05) is 153 Å². The zero-order valence-electron chi connectivity index (χ0n) is 70.7. The molecule has 642 valence electrons. The number of carbonyl (C=O) groups is 12. The number of ketones is 2. The SMILES string of the molecule is CCCC(NC(=O)[C@@H]1C[C@@H]2CN1C(=O)[C@H](C(C)(C)C)NC(=O)CCc1ccc(cc1)OCCCO2)C(=O)C(=O)NCC(=O)NC(c1ccccc1)c1ncnn1C(C)(C)C.CCCC(NC(=O)[C@@H]1C[C@@H]2CN1C(=O)[C@H](C(C)(C)C)NC(=O)Cc1cccc(c1)OCCCO2)C(=O)C(=O)NCC(=O)NC(c1ccccc1)c1nnnn1C(C)(C)C. The molecule has 2 fully saturated rings. The van der Waals surface area contributed by atoms with Gasteiger partial charge in [0.05, 0.1) is 81.3 Å². The third-order valence-corrected chi connectivity index (χ3v) is 20.6. The fourth-order valence-electron chi connectivity index (χ4n) is 14.4. The van der Waals surface area contributed by atoms with Crippen molar-refractivity contribution in [1.29, 1.82) is 0 Å². The molecule has 0 spiro atoms. The molecule has 4 aromatic carbocycles. The molecular weight excluding hydrogens is 1530 g/mol. The minimum absolute atomic E-state index is 0.0163. The van der Waals surface area contributed by atoms with Crippen LogP contribution in [0.1, 0.15) is 201 Å². The highest BCUT2D eigenvalue weighted by molar-refractivity contribution is 6.39. The van der Waals surface area contributed by atoms with E-state index in [1.165, 1.54) is 16.1 Å². The smallest absolute Gasteiger partial charge is 0.290 e. The molecule has 0 radical (unpaired) electrons. The van der Waals surface area contributed by atoms with E-state index in [9.17, 15) is 57.5 Å². The lowest BCUT2D eigenvalue weighted by atomic mass is 9.85. The van der Waals surface area contributed by atoms with Crippen molar-refractivity contribution in [2.24, 2.45) is 10.8 Å². The molecule has 10 atom stereocenters. The number of fused-ring (bicyclic) bond motifs is 15. The van der Waals surface area contributed by atoms with Crippen LogP contribution in [0.2, 0.25) is 0 Å². The number of carbonyl (C=O) groups excluding carboxylic acids is 12. The van der Waals surface area contributed by atoms with Gasteiger partial charge in [0, 0.05) is 45.2 Å². The van der Waals surface area contributed by atoms with E-state index in [0.717, 1.165) is 11.1 Å². The summed E-state index contributed by atoms with van der Waals surface area (Å²) in [6, 6.07) is 25.0. The lowest BCUT2D eigenvalue weighted by Crippen LogP contribution is -2.59. The number of rotatable bonds is 22. The standard InChI is InChI=1S/C44H60N8O8.C42H57N9O8/c1-8-13-32(37(55)41(57)45-25-35(54)49-36(29-14-10-9-11-15-29)39-46-27-47-52(39)44(5,6)7)48-40(56)33-24-31-26-51(33)42(58)38(43(2,3)4)50-34(53)21-18-28-16-19-30(20-17-28)59-22-12-23-60-31;1-8-14-30(35(54)39(56)43-24-33(53)45-34(27-16-10-9-11-17-27)37-47-48-49-51(37)42(5,6)7)44-38(55)31-23-29-25-50(31)40(57)36(41(2,3)4)46-32(52)22-26-15-12-18-28(21-26)58-19-13-20-59-29/h9-11,14-17,19-20,27,31-33,36,38H,8,12-13,18,21-26H2,1-7H3,(H,45,57)(H,48,56)(H,49,54)(H,50,53);9-12,15-18,21,29-31,34,36H,8,13-14,19-20,22-25H2,1-7H3,(H,43,56)(H,44,55)(H,45,53)(H,46,52)/t31-,32?,33+,36?,38-;29-,30?,31+,34?,36-/m11/s1. The summed E-state index contributed by atoms with van der Waals surface area (Å²) in [7, 11) is 0. The lowest BCUT2D eigenvalue weighted by Gasteiger charge is -2.35. The molecule has 5 aliphatic heterocycles. The average molecular weight is 1640 g/mol. The number of benzene rings is 4. The molecule has 10 amide bonds. The monoisotopic (exact) mass is 1640 g/mol. The maximum atomic E-state index is 14.4. The zero-order chi connectivity index (χ0) is 86.5. The fraction of sp³-hybridized carbons (Fsp3) is 0.547. The first kappa shape index (κ1) is 91.5. The van der Waals surface area contributed by atoms with Gasteiger partial charge in [-0.15, -0.1) is 5.10 Å². The highest BCUT2D eigenvalue weighted by Gasteiger charge is 2.49. The summed E-state index contributed by atoms with van der Waals surface area (Å²) in [5, 5.41) is 38.4. The number of aryl methyl sites for hydroxylation is 1. The van der Waals surface area contributed by atoms with Crippen LogP contribution in [0.25, 0.3) is 0 Å². The van der Waals surface area contributed by atoms with Crippen molar-refractivity contribution in [2.75, 3.05) is 52.6 Å². The van der Waals surface area contributed by atoms with Crippen LogP contribution >= 0.6 is 0 Å². The van der Waals surface area contributed by atoms with E-state index >= 15 is 0 Å². The van der Waals surface area contributed by atoms with Gasteiger partial charge in [-0.3, -0.25) is 57.5 Å². The van der Waals surface area contributed by atoms with Gasteiger partial charge in [0.15, 0.2) is 11.6 Å². The minimum Gasteiger partial charge on any atom is -0.494 e. The summed E-state index contributed by atoms with van der Waals surface area (Å²) >= 11 is 0. The fourth-order valence-corrected chi connectivity index (χ4v) is 14.4. The lowest BCUT2D eigenvalue weighted by molar-refractivity contribution is -0.145. The Morgan fingerprint density at radius 2 is 0.983 bits per heavy atom. The number of aromatic nitrogens is 7. The summed E-state index contributed by atoms with van der Waals surface area (Å²) in [5.74, 6) is -5.83. The summed E-state index contributed by atoms with van der Waals surface area (Å²) < 4.78 is 27.3. The van der Waals surface area contributed by atoms with Crippen molar-refractivity contribution in [2.45, 2.75) is 239 Å². The van der Waals surface area contributed by atoms with Crippen molar-refractivity contribution >= 4 is 70.6 Å². The summed E-state index contributed by atoms with van der Waals surface area (Å²) in [6.07, 6.45) is 3.51. The second kappa shape index (κ2) is 41.4. The Labute approximate surface area is 694 Å². The topological polar surface area (TPSA) is 419 Å². The van der Waals surface area contributed by atoms with Gasteiger partial charge in [0.1, 0.15) is 54.1 Å². The number of hydrogen-bond acceptors (Lipinski definition) is 21.